The minimum Gasteiger partial charge on any atom is -0.338 e. The number of hydrogen-bond donors (Lipinski definition) is 1. The molecular formula is C15H20FN3. The molecule has 0 aliphatic rings. The lowest BCUT2D eigenvalue weighted by atomic mass is 9.77. The SMILES string of the molecule is Cn1ccnc1CC(N)C(C)(C)c1ccc(F)cc1. The Morgan fingerprint density at radius 3 is 2.47 bits per heavy atom. The normalized spacial score (nSPS) is 13.5. The first-order valence-electron chi connectivity index (χ1n) is 6.39. The summed E-state index contributed by atoms with van der Waals surface area (Å²) in [5.74, 6) is 0.736. The number of benzene rings is 1. The standard InChI is InChI=1S/C15H20FN3/c1-15(2,11-4-6-12(16)7-5-11)13(17)10-14-18-8-9-19(14)3/h4-9,13H,10,17H2,1-3H3. The van der Waals surface area contributed by atoms with Crippen LogP contribution in [0.5, 0.6) is 0 Å². The second kappa shape index (κ2) is 5.13. The van der Waals surface area contributed by atoms with Crippen LogP contribution in [-0.4, -0.2) is 15.6 Å². The average Bonchev–Trinajstić information content (AvgIpc) is 2.75. The number of aromatic nitrogens is 2. The van der Waals surface area contributed by atoms with E-state index in [1.807, 2.05) is 17.8 Å². The number of imidazole rings is 1. The molecule has 1 unspecified atom stereocenters. The van der Waals surface area contributed by atoms with Gasteiger partial charge in [0.05, 0.1) is 0 Å². The molecule has 1 heterocycles. The van der Waals surface area contributed by atoms with E-state index >= 15 is 0 Å². The molecular weight excluding hydrogens is 241 g/mol. The number of aryl methyl sites for hydroxylation is 1. The molecule has 2 rings (SSSR count). The van der Waals surface area contributed by atoms with Crippen molar-refractivity contribution in [3.8, 4) is 0 Å². The first-order chi connectivity index (χ1) is 8.91. The first-order valence-corrected chi connectivity index (χ1v) is 6.39. The minimum atomic E-state index is -0.236. The van der Waals surface area contributed by atoms with Crippen molar-refractivity contribution in [1.29, 1.82) is 0 Å². The second-order valence-electron chi connectivity index (χ2n) is 5.49. The number of nitrogens with zero attached hydrogens (tertiary/aromatic N) is 2. The maximum Gasteiger partial charge on any atom is 0.123 e. The molecule has 1 aromatic heterocycles. The van der Waals surface area contributed by atoms with E-state index in [0.717, 1.165) is 11.4 Å². The molecule has 102 valence electrons. The van der Waals surface area contributed by atoms with Gasteiger partial charge in [0.25, 0.3) is 0 Å². The van der Waals surface area contributed by atoms with Crippen LogP contribution in [0.25, 0.3) is 0 Å². The predicted molar refractivity (Wildman–Crippen MR) is 74.3 cm³/mol. The van der Waals surface area contributed by atoms with Crippen molar-refractivity contribution in [2.24, 2.45) is 12.8 Å². The Morgan fingerprint density at radius 2 is 1.95 bits per heavy atom. The van der Waals surface area contributed by atoms with Crippen molar-refractivity contribution in [2.75, 3.05) is 0 Å². The van der Waals surface area contributed by atoms with Gasteiger partial charge >= 0.3 is 0 Å². The van der Waals surface area contributed by atoms with Gasteiger partial charge in [-0.15, -0.1) is 0 Å². The lowest BCUT2D eigenvalue weighted by molar-refractivity contribution is 0.397. The maximum atomic E-state index is 13.0. The topological polar surface area (TPSA) is 43.8 Å². The highest BCUT2D eigenvalue weighted by molar-refractivity contribution is 5.26. The molecule has 0 fully saturated rings. The van der Waals surface area contributed by atoms with Gasteiger partial charge in [-0.1, -0.05) is 26.0 Å². The Hall–Kier alpha value is -1.68. The van der Waals surface area contributed by atoms with Crippen molar-refractivity contribution in [2.45, 2.75) is 31.7 Å². The molecule has 1 aromatic carbocycles. The van der Waals surface area contributed by atoms with Crippen molar-refractivity contribution >= 4 is 0 Å². The van der Waals surface area contributed by atoms with Gasteiger partial charge in [0.15, 0.2) is 0 Å². The van der Waals surface area contributed by atoms with Crippen LogP contribution in [0.15, 0.2) is 36.7 Å². The van der Waals surface area contributed by atoms with Crippen LogP contribution in [0.3, 0.4) is 0 Å². The summed E-state index contributed by atoms with van der Waals surface area (Å²) in [6, 6.07) is 6.47. The van der Waals surface area contributed by atoms with Gasteiger partial charge in [-0.3, -0.25) is 0 Å². The monoisotopic (exact) mass is 261 g/mol. The number of halogens is 1. The van der Waals surface area contributed by atoms with E-state index < -0.39 is 0 Å². The fourth-order valence-corrected chi connectivity index (χ4v) is 2.14. The van der Waals surface area contributed by atoms with Crippen molar-refractivity contribution in [3.63, 3.8) is 0 Å². The predicted octanol–water partition coefficient (Wildman–Crippen LogP) is 2.41. The van der Waals surface area contributed by atoms with Crippen LogP contribution in [0.4, 0.5) is 4.39 Å². The quantitative estimate of drug-likeness (QED) is 0.918. The fourth-order valence-electron chi connectivity index (χ4n) is 2.14. The summed E-state index contributed by atoms with van der Waals surface area (Å²) >= 11 is 0. The number of hydrogen-bond acceptors (Lipinski definition) is 2. The highest BCUT2D eigenvalue weighted by Gasteiger charge is 2.29. The van der Waals surface area contributed by atoms with Gasteiger partial charge in [-0.2, -0.15) is 0 Å². The fraction of sp³-hybridized carbons (Fsp3) is 0.400. The maximum absolute atomic E-state index is 13.0. The molecule has 3 nitrogen and oxygen atoms in total. The van der Waals surface area contributed by atoms with Crippen molar-refractivity contribution in [3.05, 3.63) is 53.9 Å². The van der Waals surface area contributed by atoms with Crippen LogP contribution < -0.4 is 5.73 Å². The van der Waals surface area contributed by atoms with Gasteiger partial charge in [-0.05, 0) is 17.7 Å². The molecule has 2 aromatic rings. The molecule has 1 atom stereocenters. The van der Waals surface area contributed by atoms with Crippen molar-refractivity contribution < 1.29 is 4.39 Å². The summed E-state index contributed by atoms with van der Waals surface area (Å²) in [5.41, 5.74) is 7.14. The molecule has 2 N–H and O–H groups in total. The summed E-state index contributed by atoms with van der Waals surface area (Å²) < 4.78 is 15.0. The molecule has 4 heteroatoms. The Morgan fingerprint density at radius 1 is 1.32 bits per heavy atom. The van der Waals surface area contributed by atoms with Crippen LogP contribution in [0, 0.1) is 5.82 Å². The Labute approximate surface area is 113 Å². The summed E-state index contributed by atoms with van der Waals surface area (Å²) in [6.07, 6.45) is 4.37. The third kappa shape index (κ3) is 2.84. The van der Waals surface area contributed by atoms with Gasteiger partial charge in [0.2, 0.25) is 0 Å². The summed E-state index contributed by atoms with van der Waals surface area (Å²) in [4.78, 5) is 4.30. The largest absolute Gasteiger partial charge is 0.338 e. The summed E-state index contributed by atoms with van der Waals surface area (Å²) in [6.45, 7) is 4.15. The number of rotatable bonds is 4. The van der Waals surface area contributed by atoms with E-state index in [1.54, 1.807) is 18.3 Å². The molecule has 19 heavy (non-hydrogen) atoms. The molecule has 0 saturated carbocycles. The van der Waals surface area contributed by atoms with Gasteiger partial charge in [0, 0.05) is 37.3 Å². The smallest absolute Gasteiger partial charge is 0.123 e. The lowest BCUT2D eigenvalue weighted by Gasteiger charge is -2.32. The molecule has 0 amide bonds. The second-order valence-corrected chi connectivity index (χ2v) is 5.49. The lowest BCUT2D eigenvalue weighted by Crippen LogP contribution is -2.43. The molecule has 0 saturated heterocycles. The van der Waals surface area contributed by atoms with Gasteiger partial charge in [-0.25, -0.2) is 9.37 Å². The molecule has 0 radical (unpaired) electrons. The molecule has 0 bridgehead atoms. The highest BCUT2D eigenvalue weighted by atomic mass is 19.1. The van der Waals surface area contributed by atoms with Crippen molar-refractivity contribution in [1.82, 2.24) is 9.55 Å². The molecule has 0 spiro atoms. The third-order valence-corrected chi connectivity index (χ3v) is 3.84. The zero-order valence-electron chi connectivity index (χ0n) is 11.6. The number of nitrogens with two attached hydrogens (primary N) is 1. The van der Waals surface area contributed by atoms with Crippen LogP contribution >= 0.6 is 0 Å². The van der Waals surface area contributed by atoms with Crippen LogP contribution in [-0.2, 0) is 18.9 Å². The van der Waals surface area contributed by atoms with Crippen LogP contribution in [0.1, 0.15) is 25.2 Å². The minimum absolute atomic E-state index is 0.0842. The van der Waals surface area contributed by atoms with E-state index in [9.17, 15) is 4.39 Å². The van der Waals surface area contributed by atoms with Gasteiger partial charge < -0.3 is 10.3 Å². The van der Waals surface area contributed by atoms with E-state index in [0.29, 0.717) is 6.42 Å². The van der Waals surface area contributed by atoms with E-state index in [4.69, 9.17) is 5.73 Å². The molecule has 0 aliphatic heterocycles. The Kier molecular flexibility index (Phi) is 3.71. The van der Waals surface area contributed by atoms with Crippen LogP contribution in [0.2, 0.25) is 0 Å². The third-order valence-electron chi connectivity index (χ3n) is 3.84. The highest BCUT2D eigenvalue weighted by Crippen LogP contribution is 2.27. The summed E-state index contributed by atoms with van der Waals surface area (Å²) in [7, 11) is 1.96. The Balaban J connectivity index is 2.19. The zero-order valence-corrected chi connectivity index (χ0v) is 11.6. The summed E-state index contributed by atoms with van der Waals surface area (Å²) in [5, 5.41) is 0. The van der Waals surface area contributed by atoms with E-state index in [-0.39, 0.29) is 17.3 Å². The average molecular weight is 261 g/mol. The molecule has 0 aliphatic carbocycles. The van der Waals surface area contributed by atoms with E-state index in [2.05, 4.69) is 18.8 Å². The van der Waals surface area contributed by atoms with Gasteiger partial charge in [0.1, 0.15) is 11.6 Å². The Bertz CT molecular complexity index is 543. The zero-order chi connectivity index (χ0) is 14.0. The van der Waals surface area contributed by atoms with E-state index in [1.165, 1.54) is 12.1 Å². The first kappa shape index (κ1) is 13.7.